The topological polar surface area (TPSA) is 71.8 Å². The fourth-order valence-electron chi connectivity index (χ4n) is 0.538. The molecule has 0 atom stereocenters. The number of hydrogen-bond acceptors (Lipinski definition) is 3. The van der Waals surface area contributed by atoms with Crippen molar-refractivity contribution in [3.8, 4) is 0 Å². The van der Waals surface area contributed by atoms with Crippen molar-refractivity contribution in [1.29, 1.82) is 0 Å². The van der Waals surface area contributed by atoms with Gasteiger partial charge in [0.05, 0.1) is 10.7 Å². The van der Waals surface area contributed by atoms with Crippen LogP contribution in [0.3, 0.4) is 0 Å². The van der Waals surface area contributed by atoms with Crippen LogP contribution in [0.2, 0.25) is 0 Å². The Morgan fingerprint density at radius 2 is 2.60 bits per heavy atom. The second-order valence-electron chi connectivity index (χ2n) is 1.69. The molecular formula is C4H4BrN3O2. The van der Waals surface area contributed by atoms with Crippen LogP contribution in [0.25, 0.3) is 0 Å². The first kappa shape index (κ1) is 7.20. The van der Waals surface area contributed by atoms with Crippen molar-refractivity contribution in [3.05, 3.63) is 26.5 Å². The molecule has 1 heterocycles. The van der Waals surface area contributed by atoms with Crippen molar-refractivity contribution in [1.82, 2.24) is 10.2 Å². The molecule has 0 bridgehead atoms. The lowest BCUT2D eigenvalue weighted by atomic mass is 10.4. The van der Waals surface area contributed by atoms with E-state index in [1.165, 1.54) is 6.20 Å². The van der Waals surface area contributed by atoms with E-state index in [-0.39, 0.29) is 6.54 Å². The van der Waals surface area contributed by atoms with Crippen molar-refractivity contribution in [2.75, 3.05) is 0 Å². The molecule has 0 saturated carbocycles. The van der Waals surface area contributed by atoms with Gasteiger partial charge in [-0.05, 0) is 15.9 Å². The number of hydrogen-bond donors (Lipinski definition) is 1. The van der Waals surface area contributed by atoms with E-state index in [0.717, 1.165) is 0 Å². The third-order valence-electron chi connectivity index (χ3n) is 0.953. The first-order chi connectivity index (χ1) is 4.70. The van der Waals surface area contributed by atoms with Gasteiger partial charge in [0.2, 0.25) is 6.54 Å². The van der Waals surface area contributed by atoms with Gasteiger partial charge in [0.1, 0.15) is 5.69 Å². The van der Waals surface area contributed by atoms with Gasteiger partial charge in [0, 0.05) is 4.92 Å². The minimum Gasteiger partial charge on any atom is -0.275 e. The Morgan fingerprint density at radius 1 is 1.90 bits per heavy atom. The van der Waals surface area contributed by atoms with E-state index in [9.17, 15) is 10.1 Å². The van der Waals surface area contributed by atoms with Gasteiger partial charge in [-0.15, -0.1) is 0 Å². The quantitative estimate of drug-likeness (QED) is 0.578. The van der Waals surface area contributed by atoms with Crippen LogP contribution in [0.1, 0.15) is 5.69 Å². The van der Waals surface area contributed by atoms with Crippen LogP contribution in [0.5, 0.6) is 0 Å². The zero-order chi connectivity index (χ0) is 7.56. The Hall–Kier alpha value is -0.910. The lowest BCUT2D eigenvalue weighted by molar-refractivity contribution is -0.497. The molecule has 1 N–H and O–H groups in total. The van der Waals surface area contributed by atoms with Crippen LogP contribution in [0.15, 0.2) is 10.7 Å². The molecule has 0 amide bonds. The van der Waals surface area contributed by atoms with Gasteiger partial charge in [-0.2, -0.15) is 5.10 Å². The predicted molar refractivity (Wildman–Crippen MR) is 37.0 cm³/mol. The summed E-state index contributed by atoms with van der Waals surface area (Å²) in [5, 5.41) is 16.1. The molecule has 0 unspecified atom stereocenters. The minimum atomic E-state index is -0.418. The SMILES string of the molecule is O=[N+]([O-])Cc1[nH]ncc1Br. The molecule has 0 aromatic carbocycles. The number of nitrogens with one attached hydrogen (secondary N) is 1. The van der Waals surface area contributed by atoms with Gasteiger partial charge in [0.15, 0.2) is 0 Å². The molecule has 10 heavy (non-hydrogen) atoms. The van der Waals surface area contributed by atoms with E-state index < -0.39 is 4.92 Å². The first-order valence-electron chi connectivity index (χ1n) is 2.49. The summed E-state index contributed by atoms with van der Waals surface area (Å²) in [6, 6.07) is 0. The van der Waals surface area contributed by atoms with E-state index in [0.29, 0.717) is 10.2 Å². The molecule has 0 fully saturated rings. The van der Waals surface area contributed by atoms with Crippen LogP contribution in [-0.4, -0.2) is 15.1 Å². The molecule has 0 saturated heterocycles. The van der Waals surface area contributed by atoms with Crippen molar-refractivity contribution in [3.63, 3.8) is 0 Å². The lowest BCUT2D eigenvalue weighted by Crippen LogP contribution is -1.98. The van der Waals surface area contributed by atoms with Crippen LogP contribution in [0, 0.1) is 10.1 Å². The molecule has 0 spiro atoms. The van der Waals surface area contributed by atoms with Crippen LogP contribution in [0.4, 0.5) is 0 Å². The summed E-state index contributed by atoms with van der Waals surface area (Å²) in [7, 11) is 0. The first-order valence-corrected chi connectivity index (χ1v) is 3.29. The molecule has 0 radical (unpaired) electrons. The molecule has 0 aliphatic rings. The molecule has 1 aromatic heterocycles. The number of nitro groups is 1. The highest BCUT2D eigenvalue weighted by Gasteiger charge is 2.06. The number of nitrogens with zero attached hydrogens (tertiary/aromatic N) is 2. The van der Waals surface area contributed by atoms with Gasteiger partial charge >= 0.3 is 0 Å². The van der Waals surface area contributed by atoms with Gasteiger partial charge in [-0.3, -0.25) is 15.2 Å². The number of rotatable bonds is 2. The molecule has 1 aromatic rings. The van der Waals surface area contributed by atoms with Gasteiger partial charge < -0.3 is 0 Å². The van der Waals surface area contributed by atoms with Gasteiger partial charge in [-0.25, -0.2) is 0 Å². The summed E-state index contributed by atoms with van der Waals surface area (Å²) in [6.45, 7) is -0.222. The molecule has 5 nitrogen and oxygen atoms in total. The second kappa shape index (κ2) is 2.78. The largest absolute Gasteiger partial charge is 0.275 e. The Morgan fingerprint density at radius 3 is 3.00 bits per heavy atom. The number of halogens is 1. The summed E-state index contributed by atoms with van der Waals surface area (Å²) < 4.78 is 0.643. The number of H-pyrrole nitrogens is 1. The minimum absolute atomic E-state index is 0.222. The summed E-state index contributed by atoms with van der Waals surface area (Å²) in [4.78, 5) is 9.54. The van der Waals surface area contributed by atoms with E-state index in [1.54, 1.807) is 0 Å². The fourth-order valence-corrected chi connectivity index (χ4v) is 0.855. The Kier molecular flexibility index (Phi) is 2.00. The van der Waals surface area contributed by atoms with Gasteiger partial charge in [0.25, 0.3) is 0 Å². The van der Waals surface area contributed by atoms with Crippen LogP contribution >= 0.6 is 15.9 Å². The Balaban J connectivity index is 2.74. The Bertz CT molecular complexity index is 246. The molecule has 0 aliphatic carbocycles. The number of aromatic amines is 1. The molecular weight excluding hydrogens is 202 g/mol. The smallest absolute Gasteiger partial charge is 0.246 e. The third kappa shape index (κ3) is 1.53. The molecule has 0 aliphatic heterocycles. The Labute approximate surface area is 64.7 Å². The van der Waals surface area contributed by atoms with E-state index in [1.807, 2.05) is 0 Å². The maximum Gasteiger partial charge on any atom is 0.246 e. The second-order valence-corrected chi connectivity index (χ2v) is 2.54. The number of aromatic nitrogens is 2. The van der Waals surface area contributed by atoms with Crippen molar-refractivity contribution in [2.24, 2.45) is 0 Å². The summed E-state index contributed by atoms with van der Waals surface area (Å²) in [6.07, 6.45) is 1.48. The molecule has 1 rings (SSSR count). The van der Waals surface area contributed by atoms with E-state index >= 15 is 0 Å². The van der Waals surface area contributed by atoms with Crippen LogP contribution in [-0.2, 0) is 6.54 Å². The maximum absolute atomic E-state index is 9.96. The third-order valence-corrected chi connectivity index (χ3v) is 1.64. The van der Waals surface area contributed by atoms with Crippen molar-refractivity contribution in [2.45, 2.75) is 6.54 Å². The molecule has 6 heteroatoms. The molecule has 54 valence electrons. The van der Waals surface area contributed by atoms with Crippen LogP contribution < -0.4 is 0 Å². The standard InChI is InChI=1S/C4H4BrN3O2/c5-3-1-6-7-4(3)2-8(9)10/h1H,2H2,(H,6,7). The summed E-state index contributed by atoms with van der Waals surface area (Å²) >= 11 is 3.10. The lowest BCUT2D eigenvalue weighted by Gasteiger charge is -1.87. The normalized spacial score (nSPS) is 9.70. The van der Waals surface area contributed by atoms with Crippen molar-refractivity contribution < 1.29 is 4.92 Å². The summed E-state index contributed by atoms with van der Waals surface area (Å²) in [5.74, 6) is 0. The highest BCUT2D eigenvalue weighted by molar-refractivity contribution is 9.10. The average Bonchev–Trinajstić information content (AvgIpc) is 2.15. The average molecular weight is 206 g/mol. The predicted octanol–water partition coefficient (Wildman–Crippen LogP) is 0.949. The van der Waals surface area contributed by atoms with Crippen molar-refractivity contribution >= 4 is 15.9 Å². The maximum atomic E-state index is 9.96. The van der Waals surface area contributed by atoms with E-state index in [2.05, 4.69) is 26.1 Å². The zero-order valence-corrected chi connectivity index (χ0v) is 6.46. The van der Waals surface area contributed by atoms with E-state index in [4.69, 9.17) is 0 Å². The van der Waals surface area contributed by atoms with Gasteiger partial charge in [-0.1, -0.05) is 0 Å². The summed E-state index contributed by atoms with van der Waals surface area (Å²) in [5.41, 5.74) is 0.491. The monoisotopic (exact) mass is 205 g/mol. The highest BCUT2D eigenvalue weighted by atomic mass is 79.9. The highest BCUT2D eigenvalue weighted by Crippen LogP contribution is 2.12. The fraction of sp³-hybridized carbons (Fsp3) is 0.250. The zero-order valence-electron chi connectivity index (χ0n) is 4.87.